The second-order valence-corrected chi connectivity index (χ2v) is 8.97. The van der Waals surface area contributed by atoms with Crippen molar-refractivity contribution in [3.05, 3.63) is 89.4 Å². The number of hydrogen-bond donors (Lipinski definition) is 1. The molecule has 0 saturated heterocycles. The van der Waals surface area contributed by atoms with Crippen molar-refractivity contribution in [2.45, 2.75) is 52.3 Å². The SMILES string of the molecule is Cc1ccc(OCC(O)CN(Cc2ccc(C(C)(C)C)cc2)Cc2ccco2)cc1. The molecule has 0 radical (unpaired) electrons. The summed E-state index contributed by atoms with van der Waals surface area (Å²) in [6.07, 6.45) is 1.08. The molecule has 160 valence electrons. The molecule has 0 aliphatic heterocycles. The van der Waals surface area contributed by atoms with Gasteiger partial charge in [-0.1, -0.05) is 62.7 Å². The number of ether oxygens (including phenoxy) is 1. The van der Waals surface area contributed by atoms with Crippen molar-refractivity contribution in [2.75, 3.05) is 13.2 Å². The standard InChI is InChI=1S/C26H33NO3/c1-20-7-13-24(14-8-20)30-19-23(28)17-27(18-25-6-5-15-29-25)16-21-9-11-22(12-10-21)26(2,3)4/h5-15,23,28H,16-19H2,1-4H3. The van der Waals surface area contributed by atoms with Gasteiger partial charge in [0, 0.05) is 13.1 Å². The van der Waals surface area contributed by atoms with Crippen LogP contribution in [0.15, 0.2) is 71.3 Å². The zero-order chi connectivity index (χ0) is 21.6. The van der Waals surface area contributed by atoms with Crippen molar-refractivity contribution in [1.29, 1.82) is 0 Å². The minimum Gasteiger partial charge on any atom is -0.491 e. The Bertz CT molecular complexity index is 878. The number of rotatable bonds is 9. The molecule has 4 nitrogen and oxygen atoms in total. The maximum absolute atomic E-state index is 10.6. The summed E-state index contributed by atoms with van der Waals surface area (Å²) in [5, 5.41) is 10.6. The first-order chi connectivity index (χ1) is 14.3. The van der Waals surface area contributed by atoms with Crippen LogP contribution in [0.4, 0.5) is 0 Å². The summed E-state index contributed by atoms with van der Waals surface area (Å²) in [7, 11) is 0. The molecule has 0 amide bonds. The van der Waals surface area contributed by atoms with Crippen LogP contribution in [0.5, 0.6) is 5.75 Å². The van der Waals surface area contributed by atoms with Crippen molar-refractivity contribution in [3.8, 4) is 5.75 Å². The fourth-order valence-electron chi connectivity index (χ4n) is 3.35. The Balaban J connectivity index is 1.62. The average molecular weight is 408 g/mol. The van der Waals surface area contributed by atoms with Gasteiger partial charge in [-0.2, -0.15) is 0 Å². The zero-order valence-electron chi connectivity index (χ0n) is 18.5. The topological polar surface area (TPSA) is 45.8 Å². The summed E-state index contributed by atoms with van der Waals surface area (Å²) in [6.45, 7) is 10.8. The normalized spacial score (nSPS) is 12.9. The highest BCUT2D eigenvalue weighted by Gasteiger charge is 2.17. The summed E-state index contributed by atoms with van der Waals surface area (Å²) in [5.41, 5.74) is 3.84. The number of aliphatic hydroxyl groups excluding tert-OH is 1. The number of aryl methyl sites for hydroxylation is 1. The molecule has 0 aliphatic carbocycles. The minimum atomic E-state index is -0.602. The summed E-state index contributed by atoms with van der Waals surface area (Å²) >= 11 is 0. The predicted octanol–water partition coefficient (Wildman–Crippen LogP) is 5.33. The van der Waals surface area contributed by atoms with Gasteiger partial charge in [-0.3, -0.25) is 4.90 Å². The van der Waals surface area contributed by atoms with Crippen LogP contribution in [-0.2, 0) is 18.5 Å². The molecular formula is C26H33NO3. The van der Waals surface area contributed by atoms with Crippen molar-refractivity contribution < 1.29 is 14.3 Å². The number of aliphatic hydroxyl groups is 1. The molecule has 1 unspecified atom stereocenters. The van der Waals surface area contributed by atoms with Gasteiger partial charge in [0.15, 0.2) is 0 Å². The van der Waals surface area contributed by atoms with Gasteiger partial charge in [-0.15, -0.1) is 0 Å². The molecule has 0 bridgehead atoms. The molecule has 3 aromatic rings. The lowest BCUT2D eigenvalue weighted by Gasteiger charge is -2.25. The van der Waals surface area contributed by atoms with E-state index in [1.807, 2.05) is 43.3 Å². The average Bonchev–Trinajstić information content (AvgIpc) is 3.20. The molecule has 1 aromatic heterocycles. The van der Waals surface area contributed by atoms with Crippen molar-refractivity contribution in [1.82, 2.24) is 4.90 Å². The number of nitrogens with zero attached hydrogens (tertiary/aromatic N) is 1. The van der Waals surface area contributed by atoms with Gasteiger partial charge in [-0.25, -0.2) is 0 Å². The maximum Gasteiger partial charge on any atom is 0.119 e. The van der Waals surface area contributed by atoms with Crippen LogP contribution < -0.4 is 4.74 Å². The van der Waals surface area contributed by atoms with Crippen LogP contribution in [0, 0.1) is 6.92 Å². The minimum absolute atomic E-state index is 0.135. The Morgan fingerprint density at radius 3 is 2.27 bits per heavy atom. The molecule has 0 fully saturated rings. The number of hydrogen-bond acceptors (Lipinski definition) is 4. The Kier molecular flexibility index (Phi) is 7.35. The lowest BCUT2D eigenvalue weighted by molar-refractivity contribution is 0.0604. The maximum atomic E-state index is 10.6. The van der Waals surface area contributed by atoms with Gasteiger partial charge in [0.05, 0.1) is 12.8 Å². The first-order valence-electron chi connectivity index (χ1n) is 10.5. The van der Waals surface area contributed by atoms with E-state index in [9.17, 15) is 5.11 Å². The summed E-state index contributed by atoms with van der Waals surface area (Å²) in [4.78, 5) is 2.19. The second kappa shape index (κ2) is 9.96. The molecule has 4 heteroatoms. The Morgan fingerprint density at radius 2 is 1.67 bits per heavy atom. The van der Waals surface area contributed by atoms with E-state index in [0.717, 1.165) is 18.1 Å². The van der Waals surface area contributed by atoms with Crippen molar-refractivity contribution >= 4 is 0 Å². The molecule has 1 atom stereocenters. The molecule has 2 aromatic carbocycles. The van der Waals surface area contributed by atoms with Crippen LogP contribution in [0.1, 0.15) is 43.2 Å². The lowest BCUT2D eigenvalue weighted by atomic mass is 9.87. The van der Waals surface area contributed by atoms with E-state index >= 15 is 0 Å². The zero-order valence-corrected chi connectivity index (χ0v) is 18.5. The Hall–Kier alpha value is -2.56. The van der Waals surface area contributed by atoms with Gasteiger partial charge < -0.3 is 14.3 Å². The van der Waals surface area contributed by atoms with Crippen LogP contribution >= 0.6 is 0 Å². The van der Waals surface area contributed by atoms with E-state index < -0.39 is 6.10 Å². The third-order valence-corrected chi connectivity index (χ3v) is 5.12. The van der Waals surface area contributed by atoms with E-state index in [-0.39, 0.29) is 12.0 Å². The van der Waals surface area contributed by atoms with Crippen LogP contribution in [0.3, 0.4) is 0 Å². The highest BCUT2D eigenvalue weighted by molar-refractivity contribution is 5.28. The second-order valence-electron chi connectivity index (χ2n) is 8.97. The molecule has 30 heavy (non-hydrogen) atoms. The summed E-state index contributed by atoms with van der Waals surface area (Å²) in [6, 6.07) is 20.5. The Labute approximate surface area is 180 Å². The molecule has 1 N–H and O–H groups in total. The van der Waals surface area contributed by atoms with Crippen molar-refractivity contribution in [3.63, 3.8) is 0 Å². The molecule has 1 heterocycles. The molecular weight excluding hydrogens is 374 g/mol. The van der Waals surface area contributed by atoms with Gasteiger partial charge in [0.2, 0.25) is 0 Å². The number of benzene rings is 2. The lowest BCUT2D eigenvalue weighted by Crippen LogP contribution is -2.35. The van der Waals surface area contributed by atoms with E-state index in [0.29, 0.717) is 13.1 Å². The van der Waals surface area contributed by atoms with Crippen LogP contribution in [-0.4, -0.2) is 29.3 Å². The van der Waals surface area contributed by atoms with E-state index in [2.05, 4.69) is 49.9 Å². The largest absolute Gasteiger partial charge is 0.491 e. The summed E-state index contributed by atoms with van der Waals surface area (Å²) in [5.74, 6) is 1.66. The van der Waals surface area contributed by atoms with E-state index in [1.54, 1.807) is 6.26 Å². The molecule has 0 saturated carbocycles. The van der Waals surface area contributed by atoms with E-state index in [1.165, 1.54) is 16.7 Å². The van der Waals surface area contributed by atoms with Gasteiger partial charge in [0.1, 0.15) is 24.2 Å². The fourth-order valence-corrected chi connectivity index (χ4v) is 3.35. The van der Waals surface area contributed by atoms with Crippen molar-refractivity contribution in [2.24, 2.45) is 0 Å². The molecule has 0 spiro atoms. The highest BCUT2D eigenvalue weighted by Crippen LogP contribution is 2.23. The fraction of sp³-hybridized carbons (Fsp3) is 0.385. The van der Waals surface area contributed by atoms with Gasteiger partial charge >= 0.3 is 0 Å². The monoisotopic (exact) mass is 407 g/mol. The first-order valence-corrected chi connectivity index (χ1v) is 10.5. The van der Waals surface area contributed by atoms with Gasteiger partial charge in [-0.05, 0) is 47.7 Å². The number of furan rings is 1. The predicted molar refractivity (Wildman–Crippen MR) is 121 cm³/mol. The molecule has 0 aliphatic rings. The van der Waals surface area contributed by atoms with Crippen LogP contribution in [0.25, 0.3) is 0 Å². The van der Waals surface area contributed by atoms with Gasteiger partial charge in [0.25, 0.3) is 0 Å². The molecule has 3 rings (SSSR count). The smallest absolute Gasteiger partial charge is 0.119 e. The van der Waals surface area contributed by atoms with Crippen LogP contribution in [0.2, 0.25) is 0 Å². The van der Waals surface area contributed by atoms with E-state index in [4.69, 9.17) is 9.15 Å². The highest BCUT2D eigenvalue weighted by atomic mass is 16.5. The third kappa shape index (κ3) is 6.75. The first kappa shape index (κ1) is 22.1. The summed E-state index contributed by atoms with van der Waals surface area (Å²) < 4.78 is 11.3. The third-order valence-electron chi connectivity index (χ3n) is 5.12. The Morgan fingerprint density at radius 1 is 0.967 bits per heavy atom. The quantitative estimate of drug-likeness (QED) is 0.521.